The van der Waals surface area contributed by atoms with Crippen LogP contribution in [0.25, 0.3) is 22.2 Å². The van der Waals surface area contributed by atoms with Crippen LogP contribution in [-0.4, -0.2) is 90.2 Å². The van der Waals surface area contributed by atoms with E-state index in [0.717, 1.165) is 36.8 Å². The third kappa shape index (κ3) is 6.13. The van der Waals surface area contributed by atoms with Crippen molar-refractivity contribution >= 4 is 40.0 Å². The molecule has 1 fully saturated rings. The summed E-state index contributed by atoms with van der Waals surface area (Å²) in [6.45, 7) is 11.7. The number of aryl methyl sites for hydroxylation is 1. The summed E-state index contributed by atoms with van der Waals surface area (Å²) >= 11 is 0. The number of aromatic nitrogens is 5. The van der Waals surface area contributed by atoms with Gasteiger partial charge in [-0.15, -0.1) is 0 Å². The average molecular weight is 716 g/mol. The highest BCUT2D eigenvalue weighted by atomic mass is 16.3. The van der Waals surface area contributed by atoms with Gasteiger partial charge in [0, 0.05) is 98.3 Å². The molecule has 1 aromatic carbocycles. The van der Waals surface area contributed by atoms with Crippen LogP contribution in [0.3, 0.4) is 0 Å². The minimum absolute atomic E-state index is 0.0539. The van der Waals surface area contributed by atoms with Crippen molar-refractivity contribution in [2.45, 2.75) is 45.9 Å². The molecule has 274 valence electrons. The Bertz CT molecular complexity index is 2350. The molecular weight excluding hydrogens is 670 g/mol. The van der Waals surface area contributed by atoms with Crippen LogP contribution in [0.4, 0.5) is 17.3 Å². The number of aliphatic hydroxyl groups is 1. The lowest BCUT2D eigenvalue weighted by molar-refractivity contribution is -0.126. The fourth-order valence-electron chi connectivity index (χ4n) is 8.39. The number of rotatable bonds is 7. The molecule has 4 aromatic heterocycles. The quantitative estimate of drug-likeness (QED) is 0.241. The number of carbonyl (C=O) groups is 2. The molecule has 53 heavy (non-hydrogen) atoms. The molecule has 13 nitrogen and oxygen atoms in total. The lowest BCUT2D eigenvalue weighted by atomic mass is 9.90. The second kappa shape index (κ2) is 13.2. The normalized spacial score (nSPS) is 18.6. The van der Waals surface area contributed by atoms with Gasteiger partial charge in [-0.1, -0.05) is 20.4 Å². The van der Waals surface area contributed by atoms with Gasteiger partial charge in [0.25, 0.3) is 11.5 Å². The highest BCUT2D eigenvalue weighted by Crippen LogP contribution is 2.40. The zero-order valence-electron chi connectivity index (χ0n) is 30.7. The number of carbonyl (C=O) groups excluding carboxylic acids is 2. The number of benzene rings is 1. The van der Waals surface area contributed by atoms with Crippen molar-refractivity contribution < 1.29 is 14.7 Å². The van der Waals surface area contributed by atoms with E-state index in [1.165, 1.54) is 21.9 Å². The van der Waals surface area contributed by atoms with E-state index in [4.69, 9.17) is 4.98 Å². The predicted octanol–water partition coefficient (Wildman–Crippen LogP) is 4.12. The Morgan fingerprint density at radius 3 is 2.68 bits per heavy atom. The maximum absolute atomic E-state index is 13.9. The molecule has 1 atom stereocenters. The van der Waals surface area contributed by atoms with E-state index < -0.39 is 0 Å². The Balaban J connectivity index is 1.08. The Morgan fingerprint density at radius 2 is 1.89 bits per heavy atom. The maximum Gasteiger partial charge on any atom is 0.293 e. The molecule has 1 saturated heterocycles. The molecule has 0 bridgehead atoms. The van der Waals surface area contributed by atoms with Crippen molar-refractivity contribution in [2.24, 2.45) is 12.5 Å². The van der Waals surface area contributed by atoms with Gasteiger partial charge >= 0.3 is 0 Å². The number of fused-ring (bicyclic) bond motifs is 4. The summed E-state index contributed by atoms with van der Waals surface area (Å²) in [6.07, 6.45) is 8.55. The summed E-state index contributed by atoms with van der Waals surface area (Å²) in [4.78, 5) is 54.9. The first kappa shape index (κ1) is 34.6. The molecule has 1 aliphatic carbocycles. The summed E-state index contributed by atoms with van der Waals surface area (Å²) < 4.78 is 5.82. The monoisotopic (exact) mass is 715 g/mol. The highest BCUT2D eigenvalue weighted by molar-refractivity contribution is 6.06. The zero-order chi connectivity index (χ0) is 37.2. The molecule has 13 heteroatoms. The van der Waals surface area contributed by atoms with Crippen LogP contribution in [0.5, 0.6) is 0 Å². The number of pyridine rings is 1. The fraction of sp³-hybridized carbons (Fsp3) is 0.375. The Morgan fingerprint density at radius 1 is 1.06 bits per heavy atom. The van der Waals surface area contributed by atoms with Crippen LogP contribution in [0.2, 0.25) is 0 Å². The Kier molecular flexibility index (Phi) is 8.57. The zero-order valence-corrected chi connectivity index (χ0v) is 30.7. The summed E-state index contributed by atoms with van der Waals surface area (Å²) in [5, 5.41) is 14.9. The van der Waals surface area contributed by atoms with Crippen LogP contribution >= 0.6 is 0 Å². The average Bonchev–Trinajstić information content (AvgIpc) is 3.75. The molecule has 2 aliphatic heterocycles. The van der Waals surface area contributed by atoms with E-state index in [1.54, 1.807) is 30.4 Å². The van der Waals surface area contributed by atoms with E-state index in [2.05, 4.69) is 51.8 Å². The molecule has 0 spiro atoms. The molecule has 0 radical (unpaired) electrons. The van der Waals surface area contributed by atoms with Crippen molar-refractivity contribution in [3.05, 3.63) is 101 Å². The molecule has 2 amide bonds. The number of nitrogens with zero attached hydrogens (tertiary/aromatic N) is 8. The van der Waals surface area contributed by atoms with Crippen LogP contribution in [0.1, 0.15) is 47.2 Å². The first-order valence-corrected chi connectivity index (χ1v) is 18.1. The lowest BCUT2D eigenvalue weighted by Gasteiger charge is -2.30. The van der Waals surface area contributed by atoms with Crippen LogP contribution < -0.4 is 15.8 Å². The number of amides is 2. The smallest absolute Gasteiger partial charge is 0.293 e. The third-order valence-corrected chi connectivity index (χ3v) is 11.0. The van der Waals surface area contributed by atoms with Gasteiger partial charge in [-0.2, -0.15) is 0 Å². The molecule has 5 aromatic rings. The maximum atomic E-state index is 13.9. The number of hydrogen-bond acceptors (Lipinski definition) is 8. The van der Waals surface area contributed by atoms with Gasteiger partial charge in [0.2, 0.25) is 5.91 Å². The van der Waals surface area contributed by atoms with Gasteiger partial charge in [-0.05, 0) is 73.3 Å². The molecule has 6 heterocycles. The van der Waals surface area contributed by atoms with Gasteiger partial charge in [-0.25, -0.2) is 9.97 Å². The molecule has 2 N–H and O–H groups in total. The summed E-state index contributed by atoms with van der Waals surface area (Å²) in [5.74, 6) is 0.303. The number of anilines is 3. The standard InChI is InChI=1S/C40H45N9O4/c1-6-35(51)46-14-13-44(4)21-28(22-46)47-12-10-25-17-27(7-8-32(25)47)42-36-39(53)45(5)23-31(43-36)29-9-11-41-37(30(29)24-50)49-16-15-48-33(38(49)52)18-26-19-40(2,3)20-34(26)48/h6-12,17-18,23,28,50H,1,13-16,19-22,24H2,2-5H3,(H,42,43). The minimum atomic E-state index is -0.370. The van der Waals surface area contributed by atoms with Gasteiger partial charge < -0.3 is 33.9 Å². The van der Waals surface area contributed by atoms with Crippen LogP contribution in [0, 0.1) is 5.41 Å². The van der Waals surface area contributed by atoms with E-state index >= 15 is 0 Å². The van der Waals surface area contributed by atoms with E-state index in [-0.39, 0.29) is 41.3 Å². The Labute approximate surface area is 307 Å². The van der Waals surface area contributed by atoms with E-state index in [9.17, 15) is 19.5 Å². The van der Waals surface area contributed by atoms with Gasteiger partial charge in [-0.3, -0.25) is 19.3 Å². The van der Waals surface area contributed by atoms with E-state index in [1.807, 2.05) is 41.4 Å². The molecule has 3 aliphatic rings. The third-order valence-electron chi connectivity index (χ3n) is 11.0. The number of likely N-dealkylation sites (N-methyl/N-ethyl adjacent to an activating group) is 1. The first-order chi connectivity index (χ1) is 25.4. The largest absolute Gasteiger partial charge is 0.392 e. The van der Waals surface area contributed by atoms with Gasteiger partial charge in [0.1, 0.15) is 11.5 Å². The molecular formula is C40H45N9O4. The lowest BCUT2D eigenvalue weighted by Crippen LogP contribution is -2.41. The van der Waals surface area contributed by atoms with Crippen LogP contribution in [0.15, 0.2) is 72.4 Å². The second-order valence-electron chi connectivity index (χ2n) is 15.4. The van der Waals surface area contributed by atoms with Crippen molar-refractivity contribution in [1.82, 2.24) is 33.5 Å². The summed E-state index contributed by atoms with van der Waals surface area (Å²) in [7, 11) is 3.73. The van der Waals surface area contributed by atoms with Gasteiger partial charge in [0.15, 0.2) is 5.82 Å². The number of aliphatic hydroxyl groups excluding tert-OH is 1. The van der Waals surface area contributed by atoms with Crippen molar-refractivity contribution in [1.29, 1.82) is 0 Å². The van der Waals surface area contributed by atoms with Gasteiger partial charge in [0.05, 0.1) is 18.3 Å². The molecule has 0 saturated carbocycles. The topological polar surface area (TPSA) is 134 Å². The first-order valence-electron chi connectivity index (χ1n) is 18.1. The SMILES string of the molecule is C=CC(=O)N1CCN(C)CC(n2ccc3cc(Nc4nc(-c5ccnc(N6CCn7c(cc8c7CC(C)(C)C8)C6=O)c5CO)cn(C)c4=O)ccc32)C1. The van der Waals surface area contributed by atoms with E-state index in [0.29, 0.717) is 60.2 Å². The minimum Gasteiger partial charge on any atom is -0.392 e. The number of hydrogen-bond donors (Lipinski definition) is 2. The molecule has 8 rings (SSSR count). The van der Waals surface area contributed by atoms with Crippen molar-refractivity contribution in [3.8, 4) is 11.3 Å². The summed E-state index contributed by atoms with van der Waals surface area (Å²) in [6, 6.07) is 11.8. The fourth-order valence-corrected chi connectivity index (χ4v) is 8.39. The Hall–Kier alpha value is -5.53. The summed E-state index contributed by atoms with van der Waals surface area (Å²) in [5.41, 5.74) is 6.21. The predicted molar refractivity (Wildman–Crippen MR) is 204 cm³/mol. The molecule has 1 unspecified atom stereocenters. The second-order valence-corrected chi connectivity index (χ2v) is 15.4. The van der Waals surface area contributed by atoms with Crippen LogP contribution in [-0.2, 0) is 37.8 Å². The number of nitrogens with one attached hydrogen (secondary N) is 1. The van der Waals surface area contributed by atoms with Crippen molar-refractivity contribution in [3.63, 3.8) is 0 Å². The van der Waals surface area contributed by atoms with Crippen molar-refractivity contribution in [2.75, 3.05) is 50.0 Å². The highest BCUT2D eigenvalue weighted by Gasteiger charge is 2.37.